The third kappa shape index (κ3) is 2.63. The van der Waals surface area contributed by atoms with Crippen LogP contribution in [0.25, 0.3) is 10.8 Å². The summed E-state index contributed by atoms with van der Waals surface area (Å²) in [6.45, 7) is 0.753. The molecule has 1 N–H and O–H groups in total. The van der Waals surface area contributed by atoms with Gasteiger partial charge in [0, 0.05) is 25.4 Å². The summed E-state index contributed by atoms with van der Waals surface area (Å²) in [4.78, 5) is 14.2. The zero-order valence-electron chi connectivity index (χ0n) is 13.5. The lowest BCUT2D eigenvalue weighted by molar-refractivity contribution is -0.131. The van der Waals surface area contributed by atoms with E-state index in [0.717, 1.165) is 37.8 Å². The fourth-order valence-electron chi connectivity index (χ4n) is 3.96. The number of amides is 1. The van der Waals surface area contributed by atoms with Crippen LogP contribution < -0.4 is 0 Å². The number of carbonyl (C=O) groups is 1. The number of aliphatic hydroxyl groups excluding tert-OH is 1. The van der Waals surface area contributed by atoms with Crippen molar-refractivity contribution >= 4 is 16.7 Å². The van der Waals surface area contributed by atoms with E-state index in [2.05, 4.69) is 30.3 Å². The lowest BCUT2D eigenvalue weighted by Crippen LogP contribution is -2.33. The second-order valence-corrected chi connectivity index (χ2v) is 7.07. The van der Waals surface area contributed by atoms with Gasteiger partial charge < -0.3 is 10.0 Å². The molecule has 23 heavy (non-hydrogen) atoms. The van der Waals surface area contributed by atoms with E-state index in [1.165, 1.54) is 16.3 Å². The van der Waals surface area contributed by atoms with Gasteiger partial charge in [-0.15, -0.1) is 0 Å². The summed E-state index contributed by atoms with van der Waals surface area (Å²) in [5, 5.41) is 12.8. The van der Waals surface area contributed by atoms with E-state index >= 15 is 0 Å². The highest BCUT2D eigenvalue weighted by Gasteiger charge is 2.34. The van der Waals surface area contributed by atoms with Crippen LogP contribution in [0.15, 0.2) is 36.4 Å². The molecule has 2 unspecified atom stereocenters. The molecule has 0 heterocycles. The minimum absolute atomic E-state index is 0.265. The largest absolute Gasteiger partial charge is 0.388 e. The highest BCUT2D eigenvalue weighted by molar-refractivity contribution is 5.88. The zero-order valence-corrected chi connectivity index (χ0v) is 13.5. The third-order valence-electron chi connectivity index (χ3n) is 5.36. The van der Waals surface area contributed by atoms with Gasteiger partial charge in [-0.25, -0.2) is 0 Å². The molecule has 120 valence electrons. The molecular weight excluding hydrogens is 286 g/mol. The van der Waals surface area contributed by atoms with Gasteiger partial charge in [0.15, 0.2) is 0 Å². The van der Waals surface area contributed by atoms with Crippen LogP contribution in [-0.4, -0.2) is 29.5 Å². The van der Waals surface area contributed by atoms with Crippen LogP contribution >= 0.6 is 0 Å². The zero-order chi connectivity index (χ0) is 16.0. The van der Waals surface area contributed by atoms with Crippen molar-refractivity contribution in [2.45, 2.75) is 37.7 Å². The number of aliphatic hydroxyl groups is 1. The van der Waals surface area contributed by atoms with E-state index in [1.807, 2.05) is 18.0 Å². The van der Waals surface area contributed by atoms with Crippen molar-refractivity contribution in [3.05, 3.63) is 47.5 Å². The van der Waals surface area contributed by atoms with Crippen LogP contribution in [0.2, 0.25) is 0 Å². The Morgan fingerprint density at radius 1 is 1.13 bits per heavy atom. The summed E-state index contributed by atoms with van der Waals surface area (Å²) in [7, 11) is 1.93. The lowest BCUT2D eigenvalue weighted by Gasteiger charge is -2.33. The fraction of sp³-hybridized carbons (Fsp3) is 0.450. The van der Waals surface area contributed by atoms with Crippen molar-refractivity contribution < 1.29 is 9.90 Å². The molecule has 0 bridgehead atoms. The number of fused-ring (bicyclic) bond motifs is 3. The number of benzene rings is 2. The van der Waals surface area contributed by atoms with Gasteiger partial charge in [0.1, 0.15) is 0 Å². The summed E-state index contributed by atoms with van der Waals surface area (Å²) < 4.78 is 0. The predicted molar refractivity (Wildman–Crippen MR) is 91.2 cm³/mol. The summed E-state index contributed by atoms with van der Waals surface area (Å²) in [6, 6.07) is 12.5. The molecule has 4 rings (SSSR count). The Morgan fingerprint density at radius 2 is 1.91 bits per heavy atom. The molecule has 0 saturated heterocycles. The average molecular weight is 309 g/mol. The molecule has 0 aliphatic heterocycles. The highest BCUT2D eigenvalue weighted by Crippen LogP contribution is 2.42. The van der Waals surface area contributed by atoms with Gasteiger partial charge in [0.2, 0.25) is 5.91 Å². The van der Waals surface area contributed by atoms with Crippen LogP contribution in [0.4, 0.5) is 0 Å². The number of nitrogens with zero attached hydrogens (tertiary/aromatic N) is 1. The first-order valence-corrected chi connectivity index (χ1v) is 8.59. The molecule has 3 heteroatoms. The molecule has 1 amide bonds. The maximum Gasteiger partial charge on any atom is 0.225 e. The van der Waals surface area contributed by atoms with Crippen molar-refractivity contribution in [2.24, 2.45) is 5.92 Å². The molecular formula is C20H23NO2. The Balaban J connectivity index is 1.71. The number of carbonyl (C=O) groups excluding carboxylic acids is 1. The Kier molecular flexibility index (Phi) is 3.61. The van der Waals surface area contributed by atoms with Crippen LogP contribution in [0.1, 0.15) is 48.8 Å². The van der Waals surface area contributed by atoms with Crippen LogP contribution in [0, 0.1) is 5.92 Å². The van der Waals surface area contributed by atoms with Gasteiger partial charge in [0.25, 0.3) is 0 Å². The molecule has 0 radical (unpaired) electrons. The van der Waals surface area contributed by atoms with Gasteiger partial charge in [0.05, 0.1) is 6.10 Å². The van der Waals surface area contributed by atoms with Gasteiger partial charge in [-0.2, -0.15) is 0 Å². The lowest BCUT2D eigenvalue weighted by atomic mass is 9.78. The van der Waals surface area contributed by atoms with Gasteiger partial charge in [-0.1, -0.05) is 36.4 Å². The molecule has 2 aromatic carbocycles. The van der Waals surface area contributed by atoms with Crippen molar-refractivity contribution in [1.29, 1.82) is 0 Å². The van der Waals surface area contributed by atoms with E-state index in [4.69, 9.17) is 0 Å². The first kappa shape index (κ1) is 14.7. The number of likely N-dealkylation sites (N-methyl/N-ethyl adjacent to an activating group) is 1. The van der Waals surface area contributed by atoms with Crippen molar-refractivity contribution in [3.8, 4) is 0 Å². The van der Waals surface area contributed by atoms with E-state index in [0.29, 0.717) is 5.92 Å². The molecule has 2 atom stereocenters. The van der Waals surface area contributed by atoms with Gasteiger partial charge in [-0.05, 0) is 47.6 Å². The van der Waals surface area contributed by atoms with Crippen molar-refractivity contribution in [2.75, 3.05) is 13.6 Å². The molecule has 1 fully saturated rings. The highest BCUT2D eigenvalue weighted by atomic mass is 16.3. The molecule has 2 aliphatic rings. The van der Waals surface area contributed by atoms with Gasteiger partial charge >= 0.3 is 0 Å². The second kappa shape index (κ2) is 5.64. The van der Waals surface area contributed by atoms with Crippen molar-refractivity contribution in [1.82, 2.24) is 4.90 Å². The topological polar surface area (TPSA) is 40.5 Å². The molecule has 3 nitrogen and oxygen atoms in total. The van der Waals surface area contributed by atoms with Crippen LogP contribution in [-0.2, 0) is 4.79 Å². The average Bonchev–Trinajstić information content (AvgIpc) is 3.41. The summed E-state index contributed by atoms with van der Waals surface area (Å²) >= 11 is 0. The molecule has 0 spiro atoms. The Hall–Kier alpha value is -1.87. The maximum atomic E-state index is 12.3. The quantitative estimate of drug-likeness (QED) is 0.941. The Morgan fingerprint density at radius 3 is 2.70 bits per heavy atom. The monoisotopic (exact) mass is 309 g/mol. The van der Waals surface area contributed by atoms with Crippen LogP contribution in [0.3, 0.4) is 0 Å². The summed E-state index contributed by atoms with van der Waals surface area (Å²) in [6.07, 6.45) is 3.43. The second-order valence-electron chi connectivity index (χ2n) is 7.07. The van der Waals surface area contributed by atoms with Crippen molar-refractivity contribution in [3.63, 3.8) is 0 Å². The number of rotatable bonds is 3. The van der Waals surface area contributed by atoms with E-state index in [-0.39, 0.29) is 17.9 Å². The van der Waals surface area contributed by atoms with Crippen LogP contribution in [0.5, 0.6) is 0 Å². The van der Waals surface area contributed by atoms with E-state index < -0.39 is 0 Å². The molecule has 2 aromatic rings. The minimum atomic E-state index is -0.379. The smallest absolute Gasteiger partial charge is 0.225 e. The summed E-state index contributed by atoms with van der Waals surface area (Å²) in [5.41, 5.74) is 2.30. The number of hydrogen-bond donors (Lipinski definition) is 1. The number of hydrogen-bond acceptors (Lipinski definition) is 2. The predicted octanol–water partition coefficient (Wildman–Crippen LogP) is 3.62. The molecule has 1 saturated carbocycles. The first-order chi connectivity index (χ1) is 11.1. The fourth-order valence-corrected chi connectivity index (χ4v) is 3.96. The normalized spacial score (nSPS) is 23.6. The standard InChI is InChI=1S/C20H23NO2/c1-21(20(23)14-6-7-14)12-15-9-11-18(22)17-10-8-13-4-2-3-5-16(13)19(15)17/h2-5,8,10,14-15,18,22H,6-7,9,11-12H2,1H3. The molecule has 2 aliphatic carbocycles. The Labute approximate surface area is 136 Å². The maximum absolute atomic E-state index is 12.3. The Bertz CT molecular complexity index is 750. The van der Waals surface area contributed by atoms with Gasteiger partial charge in [-0.3, -0.25) is 4.79 Å². The minimum Gasteiger partial charge on any atom is -0.388 e. The SMILES string of the molecule is CN(CC1CCC(O)c2ccc3ccccc3c21)C(=O)C1CC1. The summed E-state index contributed by atoms with van der Waals surface area (Å²) in [5.74, 6) is 0.867. The third-order valence-corrected chi connectivity index (χ3v) is 5.36. The first-order valence-electron chi connectivity index (χ1n) is 8.59. The van der Waals surface area contributed by atoms with E-state index in [1.54, 1.807) is 0 Å². The van der Waals surface area contributed by atoms with E-state index in [9.17, 15) is 9.90 Å². The molecule has 0 aromatic heterocycles.